The number of carbonyl (C=O) groups is 1. The van der Waals surface area contributed by atoms with Crippen LogP contribution in [-0.4, -0.2) is 11.1 Å². The average Bonchev–Trinajstić information content (AvgIpc) is 2.16. The van der Waals surface area contributed by atoms with Gasteiger partial charge < -0.3 is 5.11 Å². The molecule has 15 heavy (non-hydrogen) atoms. The highest BCUT2D eigenvalue weighted by Gasteiger charge is 2.02. The van der Waals surface area contributed by atoms with E-state index in [2.05, 4.69) is 6.07 Å². The first-order valence-corrected chi connectivity index (χ1v) is 4.47. The van der Waals surface area contributed by atoms with Gasteiger partial charge in [0.25, 0.3) is 0 Å². The molecule has 76 valence electrons. The lowest BCUT2D eigenvalue weighted by Crippen LogP contribution is -1.90. The first-order chi connectivity index (χ1) is 7.04. The Bertz CT molecular complexity index is 467. The summed E-state index contributed by atoms with van der Waals surface area (Å²) in [6, 6.07) is 5.64. The summed E-state index contributed by atoms with van der Waals surface area (Å²) in [5.41, 5.74) is 3.21. The van der Waals surface area contributed by atoms with E-state index in [1.165, 1.54) is 6.08 Å². The first kappa shape index (κ1) is 11.0. The molecule has 1 rings (SSSR count). The Morgan fingerprint density at radius 1 is 1.40 bits per heavy atom. The van der Waals surface area contributed by atoms with Gasteiger partial charge in [0, 0.05) is 6.08 Å². The zero-order chi connectivity index (χ0) is 11.4. The monoisotopic (exact) mass is 201 g/mol. The van der Waals surface area contributed by atoms with Crippen LogP contribution in [0.4, 0.5) is 0 Å². The minimum absolute atomic E-state index is 0.575. The zero-order valence-corrected chi connectivity index (χ0v) is 8.61. The van der Waals surface area contributed by atoms with Gasteiger partial charge in [-0.3, -0.25) is 0 Å². The summed E-state index contributed by atoms with van der Waals surface area (Å²) in [5.74, 6) is -0.992. The third-order valence-electron chi connectivity index (χ3n) is 2.14. The Labute approximate surface area is 88.3 Å². The van der Waals surface area contributed by atoms with Gasteiger partial charge in [0.1, 0.15) is 0 Å². The van der Waals surface area contributed by atoms with Crippen LogP contribution < -0.4 is 0 Å². The van der Waals surface area contributed by atoms with E-state index in [-0.39, 0.29) is 0 Å². The van der Waals surface area contributed by atoms with Gasteiger partial charge in [-0.2, -0.15) is 5.26 Å². The molecule has 1 aromatic carbocycles. The number of hydrogen-bond donors (Lipinski definition) is 1. The Balaban J connectivity index is 3.20. The maximum absolute atomic E-state index is 10.4. The van der Waals surface area contributed by atoms with Crippen LogP contribution in [0, 0.1) is 25.2 Å². The highest BCUT2D eigenvalue weighted by molar-refractivity contribution is 5.85. The van der Waals surface area contributed by atoms with Crippen molar-refractivity contribution >= 4 is 12.0 Å². The van der Waals surface area contributed by atoms with Crippen molar-refractivity contribution in [2.24, 2.45) is 0 Å². The van der Waals surface area contributed by atoms with Crippen molar-refractivity contribution in [3.63, 3.8) is 0 Å². The number of hydrogen-bond acceptors (Lipinski definition) is 2. The Hall–Kier alpha value is -2.08. The second kappa shape index (κ2) is 4.43. The van der Waals surface area contributed by atoms with Gasteiger partial charge in [-0.05, 0) is 42.7 Å². The molecule has 0 heterocycles. The molecule has 0 unspecified atom stereocenters. The number of nitriles is 1. The lowest BCUT2D eigenvalue weighted by Gasteiger charge is -2.03. The quantitative estimate of drug-likeness (QED) is 0.746. The number of benzene rings is 1. The van der Waals surface area contributed by atoms with Crippen LogP contribution in [0.2, 0.25) is 0 Å². The number of aliphatic carboxylic acids is 1. The van der Waals surface area contributed by atoms with Crippen molar-refractivity contribution in [2.45, 2.75) is 13.8 Å². The Morgan fingerprint density at radius 2 is 2.07 bits per heavy atom. The predicted molar refractivity (Wildman–Crippen MR) is 57.3 cm³/mol. The second-order valence-corrected chi connectivity index (χ2v) is 3.31. The summed E-state index contributed by atoms with van der Waals surface area (Å²) in [7, 11) is 0. The molecule has 0 aromatic heterocycles. The van der Waals surface area contributed by atoms with Gasteiger partial charge in [0.05, 0.1) is 11.6 Å². The Kier molecular flexibility index (Phi) is 3.25. The highest BCUT2D eigenvalue weighted by Crippen LogP contribution is 2.16. The molecule has 0 spiro atoms. The fraction of sp³-hybridized carbons (Fsp3) is 0.167. The van der Waals surface area contributed by atoms with Crippen LogP contribution >= 0.6 is 0 Å². The molecule has 0 aliphatic carbocycles. The summed E-state index contributed by atoms with van der Waals surface area (Å²) in [5, 5.41) is 17.3. The normalized spacial score (nSPS) is 10.2. The Morgan fingerprint density at radius 3 is 2.60 bits per heavy atom. The number of rotatable bonds is 2. The summed E-state index contributed by atoms with van der Waals surface area (Å²) in [6.07, 6.45) is 2.57. The van der Waals surface area contributed by atoms with Gasteiger partial charge in [-0.1, -0.05) is 6.07 Å². The minimum atomic E-state index is -0.992. The second-order valence-electron chi connectivity index (χ2n) is 3.31. The van der Waals surface area contributed by atoms with Crippen LogP contribution in [0.15, 0.2) is 18.2 Å². The standard InChI is InChI=1S/C12H11NO2/c1-8-5-9(2)11(7-13)6-10(8)3-4-12(14)15/h3-6H,1-2H3,(H,14,15)/b4-3+. The van der Waals surface area contributed by atoms with Gasteiger partial charge >= 0.3 is 5.97 Å². The predicted octanol–water partition coefficient (Wildman–Crippen LogP) is 2.27. The molecule has 3 nitrogen and oxygen atoms in total. The van der Waals surface area contributed by atoms with Crippen molar-refractivity contribution in [1.82, 2.24) is 0 Å². The molecular weight excluding hydrogens is 190 g/mol. The van der Waals surface area contributed by atoms with Gasteiger partial charge in [-0.15, -0.1) is 0 Å². The maximum Gasteiger partial charge on any atom is 0.328 e. The van der Waals surface area contributed by atoms with E-state index in [4.69, 9.17) is 10.4 Å². The van der Waals surface area contributed by atoms with E-state index in [1.807, 2.05) is 19.9 Å². The van der Waals surface area contributed by atoms with Gasteiger partial charge in [0.15, 0.2) is 0 Å². The molecule has 0 atom stereocenters. The average molecular weight is 201 g/mol. The molecule has 1 N–H and O–H groups in total. The van der Waals surface area contributed by atoms with Crippen molar-refractivity contribution < 1.29 is 9.90 Å². The number of carboxylic acid groups (broad SMARTS) is 1. The molecule has 3 heteroatoms. The van der Waals surface area contributed by atoms with E-state index in [0.29, 0.717) is 5.56 Å². The van der Waals surface area contributed by atoms with Crippen LogP contribution in [0.25, 0.3) is 6.08 Å². The molecule has 0 aliphatic heterocycles. The van der Waals surface area contributed by atoms with Crippen molar-refractivity contribution in [3.8, 4) is 6.07 Å². The number of carboxylic acids is 1. The maximum atomic E-state index is 10.4. The molecule has 1 aromatic rings. The number of nitrogens with zero attached hydrogens (tertiary/aromatic N) is 1. The van der Waals surface area contributed by atoms with E-state index < -0.39 is 5.97 Å². The van der Waals surface area contributed by atoms with Crippen LogP contribution in [0.1, 0.15) is 22.3 Å². The smallest absolute Gasteiger partial charge is 0.328 e. The highest BCUT2D eigenvalue weighted by atomic mass is 16.4. The van der Waals surface area contributed by atoms with Crippen molar-refractivity contribution in [3.05, 3.63) is 40.5 Å². The van der Waals surface area contributed by atoms with Gasteiger partial charge in [-0.25, -0.2) is 4.79 Å². The summed E-state index contributed by atoms with van der Waals surface area (Å²) < 4.78 is 0. The molecule has 0 fully saturated rings. The lowest BCUT2D eigenvalue weighted by atomic mass is 10.0. The zero-order valence-electron chi connectivity index (χ0n) is 8.61. The largest absolute Gasteiger partial charge is 0.478 e. The van der Waals surface area contributed by atoms with Crippen LogP contribution in [0.5, 0.6) is 0 Å². The third-order valence-corrected chi connectivity index (χ3v) is 2.14. The SMILES string of the molecule is Cc1cc(C)c(/C=C/C(=O)O)cc1C#N. The molecule has 0 aliphatic rings. The van der Waals surface area contributed by atoms with Gasteiger partial charge in [0.2, 0.25) is 0 Å². The number of aryl methyl sites for hydroxylation is 2. The summed E-state index contributed by atoms with van der Waals surface area (Å²) in [6.45, 7) is 3.74. The van der Waals surface area contributed by atoms with Crippen molar-refractivity contribution in [1.29, 1.82) is 5.26 Å². The third kappa shape index (κ3) is 2.68. The molecule has 0 bridgehead atoms. The molecule has 0 saturated carbocycles. The van der Waals surface area contributed by atoms with Crippen LogP contribution in [0.3, 0.4) is 0 Å². The topological polar surface area (TPSA) is 61.1 Å². The molecule has 0 amide bonds. The summed E-state index contributed by atoms with van der Waals surface area (Å²) in [4.78, 5) is 10.4. The van der Waals surface area contributed by atoms with E-state index in [0.717, 1.165) is 22.8 Å². The molecule has 0 radical (unpaired) electrons. The molecule has 0 saturated heterocycles. The first-order valence-electron chi connectivity index (χ1n) is 4.47. The minimum Gasteiger partial charge on any atom is -0.478 e. The summed E-state index contributed by atoms with van der Waals surface area (Å²) >= 11 is 0. The fourth-order valence-corrected chi connectivity index (χ4v) is 1.33. The van der Waals surface area contributed by atoms with E-state index >= 15 is 0 Å². The van der Waals surface area contributed by atoms with E-state index in [9.17, 15) is 4.79 Å². The molecular formula is C12H11NO2. The van der Waals surface area contributed by atoms with Crippen molar-refractivity contribution in [2.75, 3.05) is 0 Å². The van der Waals surface area contributed by atoms with Crippen LogP contribution in [-0.2, 0) is 4.79 Å². The lowest BCUT2D eigenvalue weighted by molar-refractivity contribution is -0.131. The fourth-order valence-electron chi connectivity index (χ4n) is 1.33. The van der Waals surface area contributed by atoms with E-state index in [1.54, 1.807) is 6.07 Å².